The molecule has 4 aromatic rings. The number of ether oxygens (including phenoxy) is 5. The molecule has 0 radical (unpaired) electrons. The van der Waals surface area contributed by atoms with Gasteiger partial charge in [0.25, 0.3) is 0 Å². The molecule has 1 N–H and O–H groups in total. The van der Waals surface area contributed by atoms with Crippen molar-refractivity contribution in [2.24, 2.45) is 0 Å². The zero-order valence-electron chi connectivity index (χ0n) is 24.9. The minimum Gasteiger partial charge on any atom is -0.496 e. The van der Waals surface area contributed by atoms with E-state index >= 15 is 0 Å². The van der Waals surface area contributed by atoms with Gasteiger partial charge in [-0.05, 0) is 60.7 Å². The Morgan fingerprint density at radius 2 is 1.69 bits per heavy atom. The molecule has 2 heterocycles. The molecule has 0 amide bonds. The smallest absolute Gasteiger partial charge is 0.124 e. The predicted molar refractivity (Wildman–Crippen MR) is 166 cm³/mol. The average molecular weight is 573 g/mol. The minimum atomic E-state index is 0.108. The van der Waals surface area contributed by atoms with Gasteiger partial charge in [-0.15, -0.1) is 0 Å². The molecule has 7 heteroatoms. The summed E-state index contributed by atoms with van der Waals surface area (Å²) in [5.41, 5.74) is 4.83. The van der Waals surface area contributed by atoms with E-state index in [0.29, 0.717) is 32.3 Å². The number of nitrogens with zero attached hydrogens (tertiary/aromatic N) is 1. The second kappa shape index (κ2) is 15.8. The molecule has 42 heavy (non-hydrogen) atoms. The van der Waals surface area contributed by atoms with Crippen LogP contribution in [0.1, 0.15) is 42.0 Å². The van der Waals surface area contributed by atoms with Gasteiger partial charge in [-0.1, -0.05) is 48.5 Å². The van der Waals surface area contributed by atoms with E-state index < -0.39 is 0 Å². The summed E-state index contributed by atoms with van der Waals surface area (Å²) in [6, 6.07) is 27.3. The summed E-state index contributed by atoms with van der Waals surface area (Å²) in [6.45, 7) is 5.88. The molecule has 5 rings (SSSR count). The first-order chi connectivity index (χ1) is 20.8. The van der Waals surface area contributed by atoms with Crippen LogP contribution in [0.4, 0.5) is 0 Å². The number of hydrogen-bond donors (Lipinski definition) is 1. The highest BCUT2D eigenvalue weighted by molar-refractivity contribution is 5.81. The molecule has 1 fully saturated rings. The largest absolute Gasteiger partial charge is 0.496 e. The summed E-state index contributed by atoms with van der Waals surface area (Å²) in [6.07, 6.45) is 2.95. The maximum Gasteiger partial charge on any atom is 0.124 e. The van der Waals surface area contributed by atoms with Gasteiger partial charge in [0.2, 0.25) is 0 Å². The Morgan fingerprint density at radius 1 is 0.857 bits per heavy atom. The van der Waals surface area contributed by atoms with Gasteiger partial charge in [-0.2, -0.15) is 0 Å². The van der Waals surface area contributed by atoms with E-state index in [1.807, 2.05) is 24.3 Å². The van der Waals surface area contributed by atoms with Crippen molar-refractivity contribution in [3.05, 3.63) is 95.7 Å². The lowest BCUT2D eigenvalue weighted by atomic mass is 9.87. The van der Waals surface area contributed by atoms with Crippen LogP contribution < -0.4 is 14.8 Å². The fourth-order valence-corrected chi connectivity index (χ4v) is 5.76. The van der Waals surface area contributed by atoms with E-state index in [0.717, 1.165) is 62.6 Å². The van der Waals surface area contributed by atoms with Gasteiger partial charge in [-0.3, -0.25) is 0 Å². The minimum absolute atomic E-state index is 0.108. The van der Waals surface area contributed by atoms with Crippen LogP contribution in [0.25, 0.3) is 10.9 Å². The highest BCUT2D eigenvalue weighted by Gasteiger charge is 2.27. The van der Waals surface area contributed by atoms with Gasteiger partial charge in [0.1, 0.15) is 11.5 Å². The lowest BCUT2D eigenvalue weighted by Gasteiger charge is -2.32. The van der Waals surface area contributed by atoms with Crippen LogP contribution in [0.5, 0.6) is 11.5 Å². The molecule has 224 valence electrons. The normalized spacial score (nSPS) is 17.0. The van der Waals surface area contributed by atoms with E-state index in [2.05, 4.69) is 64.5 Å². The van der Waals surface area contributed by atoms with Crippen LogP contribution in [0.2, 0.25) is 0 Å². The molecule has 1 aliphatic heterocycles. The van der Waals surface area contributed by atoms with E-state index in [4.69, 9.17) is 23.7 Å². The number of para-hydroxylation sites is 2. The zero-order chi connectivity index (χ0) is 29.0. The second-order valence-electron chi connectivity index (χ2n) is 10.8. The summed E-state index contributed by atoms with van der Waals surface area (Å²) in [4.78, 5) is 0. The number of piperidine rings is 1. The lowest BCUT2D eigenvalue weighted by Crippen LogP contribution is -2.41. The number of methoxy groups -OCH3 is 2. The van der Waals surface area contributed by atoms with Crippen molar-refractivity contribution in [3.63, 3.8) is 0 Å². The summed E-state index contributed by atoms with van der Waals surface area (Å²) in [7, 11) is 3.44. The van der Waals surface area contributed by atoms with Crippen molar-refractivity contribution in [1.82, 2.24) is 9.88 Å². The van der Waals surface area contributed by atoms with Gasteiger partial charge in [0.05, 0.1) is 39.6 Å². The average Bonchev–Trinajstić information content (AvgIpc) is 3.39. The van der Waals surface area contributed by atoms with Crippen molar-refractivity contribution < 1.29 is 23.7 Å². The standard InChI is InChI=1S/C35H44N2O5/c1-38-20-7-19-37-30(23-28-9-3-5-11-33(28)37)26-42-35-24-36-18-17-32(35)27-13-15-31(16-14-27)41-22-8-21-40-25-29-10-4-6-12-34(29)39-2/h3-6,9-16,23,32,35-36H,7-8,17-22,24-26H2,1-2H3/t32-,35+/m1/s1. The summed E-state index contributed by atoms with van der Waals surface area (Å²) >= 11 is 0. The Hall–Kier alpha value is -3.36. The highest BCUT2D eigenvalue weighted by Crippen LogP contribution is 2.30. The highest BCUT2D eigenvalue weighted by atomic mass is 16.5. The number of benzene rings is 3. The fourth-order valence-electron chi connectivity index (χ4n) is 5.76. The van der Waals surface area contributed by atoms with E-state index in [9.17, 15) is 0 Å². The quantitative estimate of drug-likeness (QED) is 0.158. The van der Waals surface area contributed by atoms with Gasteiger partial charge in [0, 0.05) is 55.9 Å². The van der Waals surface area contributed by atoms with Crippen molar-refractivity contribution in [2.75, 3.05) is 47.1 Å². The van der Waals surface area contributed by atoms with E-state index in [-0.39, 0.29) is 6.10 Å². The van der Waals surface area contributed by atoms with Crippen LogP contribution in [0.3, 0.4) is 0 Å². The fraction of sp³-hybridized carbons (Fsp3) is 0.429. The molecule has 7 nitrogen and oxygen atoms in total. The maximum absolute atomic E-state index is 6.62. The van der Waals surface area contributed by atoms with Crippen LogP contribution in [-0.2, 0) is 34.0 Å². The molecule has 0 saturated carbocycles. The molecule has 1 aromatic heterocycles. The summed E-state index contributed by atoms with van der Waals surface area (Å²) in [5, 5.41) is 4.79. The molecule has 0 bridgehead atoms. The Labute approximate surface area is 249 Å². The molecule has 0 unspecified atom stereocenters. The SMILES string of the molecule is COCCCn1c(CO[C@H]2CNCC[C@@H]2c2ccc(OCCCOCc3ccccc3OC)cc2)cc2ccccc21. The zero-order valence-corrected chi connectivity index (χ0v) is 24.9. The third kappa shape index (κ3) is 7.92. The van der Waals surface area contributed by atoms with Crippen LogP contribution in [0, 0.1) is 0 Å². The second-order valence-corrected chi connectivity index (χ2v) is 10.8. The first-order valence-electron chi connectivity index (χ1n) is 15.1. The Bertz CT molecular complexity index is 1370. The number of rotatable bonds is 16. The molecular weight excluding hydrogens is 528 g/mol. The number of aromatic nitrogens is 1. The summed E-state index contributed by atoms with van der Waals surface area (Å²) < 4.78 is 31.5. The monoisotopic (exact) mass is 572 g/mol. The number of aryl methyl sites for hydroxylation is 1. The molecule has 2 atom stereocenters. The van der Waals surface area contributed by atoms with Crippen molar-refractivity contribution in [3.8, 4) is 11.5 Å². The topological polar surface area (TPSA) is 63.1 Å². The first kappa shape index (κ1) is 30.1. The first-order valence-corrected chi connectivity index (χ1v) is 15.1. The van der Waals surface area contributed by atoms with E-state index in [1.54, 1.807) is 14.2 Å². The van der Waals surface area contributed by atoms with Gasteiger partial charge in [-0.25, -0.2) is 0 Å². The number of hydrogen-bond acceptors (Lipinski definition) is 6. The van der Waals surface area contributed by atoms with Gasteiger partial charge < -0.3 is 33.6 Å². The third-order valence-corrected chi connectivity index (χ3v) is 7.96. The molecule has 0 aliphatic carbocycles. The van der Waals surface area contributed by atoms with Crippen molar-refractivity contribution >= 4 is 10.9 Å². The Balaban J connectivity index is 1.11. The van der Waals surface area contributed by atoms with Gasteiger partial charge >= 0.3 is 0 Å². The van der Waals surface area contributed by atoms with Crippen LogP contribution in [-0.4, -0.2) is 57.8 Å². The van der Waals surface area contributed by atoms with Crippen molar-refractivity contribution in [2.45, 2.75) is 51.0 Å². The third-order valence-electron chi connectivity index (χ3n) is 7.96. The molecule has 0 spiro atoms. The van der Waals surface area contributed by atoms with Gasteiger partial charge in [0.15, 0.2) is 0 Å². The number of fused-ring (bicyclic) bond motifs is 1. The molecule has 1 saturated heterocycles. The predicted octanol–water partition coefficient (Wildman–Crippen LogP) is 6.33. The molecule has 3 aromatic carbocycles. The molecule has 1 aliphatic rings. The number of nitrogens with one attached hydrogen (secondary N) is 1. The van der Waals surface area contributed by atoms with Crippen LogP contribution in [0.15, 0.2) is 78.9 Å². The summed E-state index contributed by atoms with van der Waals surface area (Å²) in [5.74, 6) is 2.08. The van der Waals surface area contributed by atoms with Crippen LogP contribution >= 0.6 is 0 Å². The molecular formula is C35H44N2O5. The maximum atomic E-state index is 6.62. The van der Waals surface area contributed by atoms with E-state index in [1.165, 1.54) is 22.2 Å². The lowest BCUT2D eigenvalue weighted by molar-refractivity contribution is 0.00785. The Kier molecular flexibility index (Phi) is 11.3. The van der Waals surface area contributed by atoms with Crippen molar-refractivity contribution in [1.29, 1.82) is 0 Å². The Morgan fingerprint density at radius 3 is 2.55 bits per heavy atom.